The van der Waals surface area contributed by atoms with Gasteiger partial charge in [0.05, 0.1) is 26.7 Å². The summed E-state index contributed by atoms with van der Waals surface area (Å²) >= 11 is 0. The first-order valence-electron chi connectivity index (χ1n) is 3.98. The molecule has 0 aliphatic rings. The molecular formula is C7H18N2O2. The summed E-state index contributed by atoms with van der Waals surface area (Å²) in [5.41, 5.74) is 5.10. The third-order valence-electron chi connectivity index (χ3n) is 1.12. The van der Waals surface area contributed by atoms with E-state index in [9.17, 15) is 0 Å². The van der Waals surface area contributed by atoms with Crippen LogP contribution in [-0.2, 0) is 9.47 Å². The second-order valence-corrected chi connectivity index (χ2v) is 2.13. The third kappa shape index (κ3) is 9.84. The molecule has 0 spiro atoms. The molecule has 0 unspecified atom stereocenters. The topological polar surface area (TPSA) is 56.5 Å². The maximum Gasteiger partial charge on any atom is 0.0966 e. The van der Waals surface area contributed by atoms with Crippen molar-refractivity contribution in [3.63, 3.8) is 0 Å². The molecule has 0 bridgehead atoms. The summed E-state index contributed by atoms with van der Waals surface area (Å²) in [4.78, 5) is 0. The molecule has 0 fully saturated rings. The van der Waals surface area contributed by atoms with Crippen molar-refractivity contribution in [2.24, 2.45) is 5.73 Å². The van der Waals surface area contributed by atoms with E-state index in [2.05, 4.69) is 12.2 Å². The maximum atomic E-state index is 5.15. The lowest BCUT2D eigenvalue weighted by Gasteiger charge is -2.04. The Morgan fingerprint density at radius 3 is 2.64 bits per heavy atom. The van der Waals surface area contributed by atoms with E-state index in [0.717, 1.165) is 13.0 Å². The van der Waals surface area contributed by atoms with Crippen LogP contribution in [0, 0.1) is 0 Å². The summed E-state index contributed by atoms with van der Waals surface area (Å²) in [6.07, 6.45) is 1.13. The molecule has 0 saturated carbocycles. The van der Waals surface area contributed by atoms with Crippen molar-refractivity contribution in [3.05, 3.63) is 0 Å². The van der Waals surface area contributed by atoms with Crippen LogP contribution in [0.15, 0.2) is 0 Å². The molecule has 0 aromatic carbocycles. The molecule has 0 heterocycles. The Morgan fingerprint density at radius 1 is 1.27 bits per heavy atom. The van der Waals surface area contributed by atoms with Gasteiger partial charge in [-0.25, -0.2) is 0 Å². The lowest BCUT2D eigenvalue weighted by molar-refractivity contribution is 0.0429. The van der Waals surface area contributed by atoms with Crippen LogP contribution in [0.25, 0.3) is 0 Å². The lowest BCUT2D eigenvalue weighted by Crippen LogP contribution is -2.20. The molecule has 0 aromatic heterocycles. The van der Waals surface area contributed by atoms with E-state index >= 15 is 0 Å². The van der Waals surface area contributed by atoms with Crippen molar-refractivity contribution in [1.82, 2.24) is 5.32 Å². The van der Waals surface area contributed by atoms with Crippen LogP contribution in [0.3, 0.4) is 0 Å². The zero-order chi connectivity index (χ0) is 8.36. The van der Waals surface area contributed by atoms with Crippen LogP contribution >= 0.6 is 0 Å². The van der Waals surface area contributed by atoms with E-state index in [0.29, 0.717) is 19.9 Å². The van der Waals surface area contributed by atoms with Gasteiger partial charge in [-0.2, -0.15) is 0 Å². The van der Waals surface area contributed by atoms with Crippen molar-refractivity contribution < 1.29 is 9.47 Å². The zero-order valence-electron chi connectivity index (χ0n) is 7.14. The fourth-order valence-electron chi connectivity index (χ4n) is 0.594. The van der Waals surface area contributed by atoms with E-state index < -0.39 is 0 Å². The Balaban J connectivity index is 2.69. The fraction of sp³-hybridized carbons (Fsp3) is 1.00. The Labute approximate surface area is 68.0 Å². The van der Waals surface area contributed by atoms with Crippen LogP contribution in [0.4, 0.5) is 0 Å². The van der Waals surface area contributed by atoms with Gasteiger partial charge in [0.2, 0.25) is 0 Å². The Hall–Kier alpha value is -0.160. The first-order valence-corrected chi connectivity index (χ1v) is 3.98. The van der Waals surface area contributed by atoms with Gasteiger partial charge in [0.15, 0.2) is 0 Å². The van der Waals surface area contributed by atoms with Gasteiger partial charge in [-0.1, -0.05) is 6.92 Å². The van der Waals surface area contributed by atoms with E-state index in [1.165, 1.54) is 0 Å². The molecular weight excluding hydrogens is 144 g/mol. The minimum Gasteiger partial charge on any atom is -0.364 e. The molecule has 68 valence electrons. The minimum atomic E-state index is 0.270. The van der Waals surface area contributed by atoms with Crippen LogP contribution in [0.5, 0.6) is 0 Å². The molecule has 3 N–H and O–H groups in total. The van der Waals surface area contributed by atoms with Crippen molar-refractivity contribution in [2.75, 3.05) is 33.2 Å². The highest BCUT2D eigenvalue weighted by Gasteiger charge is 1.86. The van der Waals surface area contributed by atoms with E-state index in [4.69, 9.17) is 15.2 Å². The zero-order valence-corrected chi connectivity index (χ0v) is 7.14. The second-order valence-electron chi connectivity index (χ2n) is 2.13. The number of hydrogen-bond acceptors (Lipinski definition) is 4. The summed E-state index contributed by atoms with van der Waals surface area (Å²) in [5, 5.41) is 3.10. The van der Waals surface area contributed by atoms with Crippen molar-refractivity contribution in [1.29, 1.82) is 0 Å². The molecule has 4 nitrogen and oxygen atoms in total. The first kappa shape index (κ1) is 10.8. The van der Waals surface area contributed by atoms with E-state index in [-0.39, 0.29) is 6.73 Å². The molecule has 4 heteroatoms. The lowest BCUT2D eigenvalue weighted by atomic mass is 10.5. The average Bonchev–Trinajstić information content (AvgIpc) is 2.03. The van der Waals surface area contributed by atoms with Crippen LogP contribution < -0.4 is 11.1 Å². The van der Waals surface area contributed by atoms with Crippen LogP contribution in [-0.4, -0.2) is 33.2 Å². The molecule has 0 aromatic rings. The largest absolute Gasteiger partial charge is 0.364 e. The standard InChI is InChI=1S/C7H18N2O2/c1-2-3-9-7-11-5-4-10-6-8/h9H,2-8H2,1H3. The molecule has 0 radical (unpaired) electrons. The summed E-state index contributed by atoms with van der Waals surface area (Å²) < 4.78 is 10.0. The van der Waals surface area contributed by atoms with Crippen molar-refractivity contribution in [2.45, 2.75) is 13.3 Å². The van der Waals surface area contributed by atoms with E-state index in [1.807, 2.05) is 0 Å². The Morgan fingerprint density at radius 2 is 2.00 bits per heavy atom. The van der Waals surface area contributed by atoms with Gasteiger partial charge >= 0.3 is 0 Å². The van der Waals surface area contributed by atoms with Crippen LogP contribution in [0.1, 0.15) is 13.3 Å². The number of nitrogens with two attached hydrogens (primary N) is 1. The predicted octanol–water partition coefficient (Wildman–Crippen LogP) is -0.107. The quantitative estimate of drug-likeness (QED) is 0.386. The van der Waals surface area contributed by atoms with Gasteiger partial charge in [-0.3, -0.25) is 5.32 Å². The SMILES string of the molecule is CCCNCOCCOCN. The summed E-state index contributed by atoms with van der Waals surface area (Å²) in [7, 11) is 0. The Bertz CT molecular complexity index is 63.5. The number of rotatable bonds is 8. The smallest absolute Gasteiger partial charge is 0.0966 e. The van der Waals surface area contributed by atoms with Gasteiger partial charge in [-0.15, -0.1) is 0 Å². The second kappa shape index (κ2) is 9.84. The molecule has 11 heavy (non-hydrogen) atoms. The van der Waals surface area contributed by atoms with Gasteiger partial charge in [0, 0.05) is 0 Å². The van der Waals surface area contributed by atoms with Gasteiger partial charge in [0.1, 0.15) is 0 Å². The number of hydrogen-bond donors (Lipinski definition) is 2. The highest BCUT2D eigenvalue weighted by Crippen LogP contribution is 1.75. The normalized spacial score (nSPS) is 10.4. The molecule has 0 saturated heterocycles. The molecule has 0 atom stereocenters. The summed E-state index contributed by atoms with van der Waals surface area (Å²) in [6, 6.07) is 0. The first-order chi connectivity index (χ1) is 5.41. The molecule has 0 rings (SSSR count). The third-order valence-corrected chi connectivity index (χ3v) is 1.12. The minimum absolute atomic E-state index is 0.270. The number of ether oxygens (including phenoxy) is 2. The maximum absolute atomic E-state index is 5.15. The van der Waals surface area contributed by atoms with Crippen molar-refractivity contribution in [3.8, 4) is 0 Å². The monoisotopic (exact) mass is 162 g/mol. The van der Waals surface area contributed by atoms with Gasteiger partial charge in [-0.05, 0) is 13.0 Å². The molecule has 0 amide bonds. The van der Waals surface area contributed by atoms with E-state index in [1.54, 1.807) is 0 Å². The van der Waals surface area contributed by atoms with Crippen molar-refractivity contribution >= 4 is 0 Å². The Kier molecular flexibility index (Phi) is 9.70. The van der Waals surface area contributed by atoms with Crippen LogP contribution in [0.2, 0.25) is 0 Å². The van der Waals surface area contributed by atoms with Gasteiger partial charge < -0.3 is 15.2 Å². The molecule has 0 aliphatic carbocycles. The summed E-state index contributed by atoms with van der Waals surface area (Å²) in [6.45, 7) is 5.16. The highest BCUT2D eigenvalue weighted by atomic mass is 16.5. The molecule has 0 aliphatic heterocycles. The predicted molar refractivity (Wildman–Crippen MR) is 44.1 cm³/mol. The summed E-state index contributed by atoms with van der Waals surface area (Å²) in [5.74, 6) is 0. The number of nitrogens with one attached hydrogen (secondary N) is 1. The highest BCUT2D eigenvalue weighted by molar-refractivity contribution is 4.35. The fourth-order valence-corrected chi connectivity index (χ4v) is 0.594. The average molecular weight is 162 g/mol. The van der Waals surface area contributed by atoms with Gasteiger partial charge in [0.25, 0.3) is 0 Å².